The molecule has 2 rings (SSSR count). The number of fused-ring (bicyclic) bond motifs is 1. The summed E-state index contributed by atoms with van der Waals surface area (Å²) in [6.07, 6.45) is 0.718. The predicted octanol–water partition coefficient (Wildman–Crippen LogP) is 2.78. The Morgan fingerprint density at radius 2 is 2.00 bits per heavy atom. The zero-order valence-corrected chi connectivity index (χ0v) is 7.95. The Bertz CT molecular complexity index is 287. The molecule has 0 radical (unpaired) electrons. The number of aliphatic carboxylic acids is 1. The van der Waals surface area contributed by atoms with Crippen LogP contribution in [0.15, 0.2) is 24.3 Å². The fourth-order valence-electron chi connectivity index (χ4n) is 0.850. The second kappa shape index (κ2) is 4.08. The SMILES string of the molecule is CCC(C)C(=O)O.c1cc2cc-2c1. The van der Waals surface area contributed by atoms with E-state index in [0.29, 0.717) is 0 Å². The summed E-state index contributed by atoms with van der Waals surface area (Å²) in [5.41, 5.74) is 2.85. The van der Waals surface area contributed by atoms with E-state index < -0.39 is 5.97 Å². The van der Waals surface area contributed by atoms with Gasteiger partial charge >= 0.3 is 5.97 Å². The lowest BCUT2D eigenvalue weighted by atomic mass is 10.1. The Morgan fingerprint density at radius 1 is 1.46 bits per heavy atom. The number of hydrogen-bond donors (Lipinski definition) is 1. The first-order valence-corrected chi connectivity index (χ1v) is 4.48. The number of benzene rings is 1. The molecule has 1 atom stereocenters. The van der Waals surface area contributed by atoms with Crippen molar-refractivity contribution in [2.24, 2.45) is 5.92 Å². The first-order valence-electron chi connectivity index (χ1n) is 4.48. The molecule has 70 valence electrons. The summed E-state index contributed by atoms with van der Waals surface area (Å²) >= 11 is 0. The van der Waals surface area contributed by atoms with Crippen LogP contribution in [0.5, 0.6) is 0 Å². The van der Waals surface area contributed by atoms with E-state index in [-0.39, 0.29) is 5.92 Å². The molecule has 0 aromatic heterocycles. The van der Waals surface area contributed by atoms with E-state index in [1.165, 1.54) is 11.1 Å². The highest BCUT2D eigenvalue weighted by atomic mass is 16.4. The molecular weight excluding hydrogens is 164 g/mol. The standard InChI is InChI=1S/C6H4.C5H10O2/c1-2-5-4-6(5)3-1;1-3-4(2)5(6)7/h1-4H;4H,3H2,1-2H3,(H,6,7). The second-order valence-electron chi connectivity index (χ2n) is 3.23. The summed E-state index contributed by atoms with van der Waals surface area (Å²) < 4.78 is 0. The monoisotopic (exact) mass is 178 g/mol. The van der Waals surface area contributed by atoms with Gasteiger partial charge < -0.3 is 5.11 Å². The quantitative estimate of drug-likeness (QED) is 0.767. The predicted molar refractivity (Wildman–Crippen MR) is 52.5 cm³/mol. The Morgan fingerprint density at radius 3 is 2.08 bits per heavy atom. The third-order valence-corrected chi connectivity index (χ3v) is 2.15. The molecule has 0 amide bonds. The van der Waals surface area contributed by atoms with Crippen LogP contribution in [0.2, 0.25) is 0 Å². The van der Waals surface area contributed by atoms with Crippen molar-refractivity contribution in [2.45, 2.75) is 20.3 Å². The van der Waals surface area contributed by atoms with E-state index >= 15 is 0 Å². The maximum atomic E-state index is 9.93. The largest absolute Gasteiger partial charge is 0.481 e. The summed E-state index contributed by atoms with van der Waals surface area (Å²) in [6.45, 7) is 3.56. The third-order valence-electron chi connectivity index (χ3n) is 2.15. The molecule has 0 saturated heterocycles. The van der Waals surface area contributed by atoms with Crippen LogP contribution in [0.4, 0.5) is 0 Å². The summed E-state index contributed by atoms with van der Waals surface area (Å²) in [7, 11) is 0. The van der Waals surface area contributed by atoms with Crippen molar-refractivity contribution in [3.05, 3.63) is 24.3 Å². The van der Waals surface area contributed by atoms with Crippen LogP contribution >= 0.6 is 0 Å². The molecule has 0 aromatic rings. The Labute approximate surface area is 78.2 Å². The van der Waals surface area contributed by atoms with Gasteiger partial charge in [0.15, 0.2) is 0 Å². The third kappa shape index (κ3) is 2.90. The zero-order valence-electron chi connectivity index (χ0n) is 7.95. The normalized spacial score (nSPS) is 12.5. The highest BCUT2D eigenvalue weighted by molar-refractivity contribution is 5.80. The van der Waals surface area contributed by atoms with Gasteiger partial charge in [0.05, 0.1) is 5.92 Å². The van der Waals surface area contributed by atoms with Gasteiger partial charge in [0.25, 0.3) is 0 Å². The van der Waals surface area contributed by atoms with Crippen LogP contribution < -0.4 is 0 Å². The van der Waals surface area contributed by atoms with Crippen molar-refractivity contribution in [1.29, 1.82) is 0 Å². The van der Waals surface area contributed by atoms with Crippen molar-refractivity contribution in [3.8, 4) is 11.1 Å². The fourth-order valence-corrected chi connectivity index (χ4v) is 0.850. The lowest BCUT2D eigenvalue weighted by Gasteiger charge is -1.96. The van der Waals surface area contributed by atoms with E-state index in [1.807, 2.05) is 6.92 Å². The van der Waals surface area contributed by atoms with Crippen molar-refractivity contribution in [2.75, 3.05) is 0 Å². The Kier molecular flexibility index (Phi) is 3.07. The van der Waals surface area contributed by atoms with E-state index in [4.69, 9.17) is 5.11 Å². The van der Waals surface area contributed by atoms with Crippen molar-refractivity contribution in [3.63, 3.8) is 0 Å². The van der Waals surface area contributed by atoms with Crippen LogP contribution in [-0.4, -0.2) is 11.1 Å². The van der Waals surface area contributed by atoms with Crippen molar-refractivity contribution in [1.82, 2.24) is 0 Å². The molecule has 0 spiro atoms. The molecule has 0 aromatic carbocycles. The molecule has 0 heterocycles. The first kappa shape index (κ1) is 9.78. The fraction of sp³-hybridized carbons (Fsp3) is 0.364. The van der Waals surface area contributed by atoms with Crippen molar-refractivity contribution < 1.29 is 9.90 Å². The smallest absolute Gasteiger partial charge is 0.306 e. The Hall–Kier alpha value is -1.31. The molecule has 2 heteroatoms. The second-order valence-corrected chi connectivity index (χ2v) is 3.23. The lowest BCUT2D eigenvalue weighted by molar-refractivity contribution is -0.141. The maximum absolute atomic E-state index is 9.93. The number of rotatable bonds is 2. The van der Waals surface area contributed by atoms with Crippen LogP contribution in [0.25, 0.3) is 11.1 Å². The average molecular weight is 178 g/mol. The van der Waals surface area contributed by atoms with E-state index in [9.17, 15) is 4.79 Å². The number of carboxylic acids is 1. The minimum Gasteiger partial charge on any atom is -0.481 e. The van der Waals surface area contributed by atoms with Gasteiger partial charge in [-0.2, -0.15) is 0 Å². The number of hydrogen-bond acceptors (Lipinski definition) is 1. The minimum atomic E-state index is -0.706. The summed E-state index contributed by atoms with van der Waals surface area (Å²) in [4.78, 5) is 9.93. The Balaban J connectivity index is 0.000000130. The molecule has 1 unspecified atom stereocenters. The van der Waals surface area contributed by atoms with Gasteiger partial charge in [-0.25, -0.2) is 0 Å². The average Bonchev–Trinajstić information content (AvgIpc) is 2.73. The van der Waals surface area contributed by atoms with Crippen LogP contribution in [0.1, 0.15) is 20.3 Å². The first-order chi connectivity index (χ1) is 6.15. The maximum Gasteiger partial charge on any atom is 0.306 e. The van der Waals surface area contributed by atoms with Crippen LogP contribution in [0, 0.1) is 5.92 Å². The molecule has 2 aliphatic rings. The molecule has 0 aliphatic heterocycles. The molecule has 0 bridgehead atoms. The molecular formula is C11H14O2. The van der Waals surface area contributed by atoms with Crippen molar-refractivity contribution >= 4 is 5.97 Å². The molecule has 2 aliphatic carbocycles. The van der Waals surface area contributed by atoms with Crippen LogP contribution in [-0.2, 0) is 4.79 Å². The summed E-state index contributed by atoms with van der Waals surface area (Å²) in [5.74, 6) is -0.887. The van der Waals surface area contributed by atoms with E-state index in [1.54, 1.807) is 6.92 Å². The molecule has 0 fully saturated rings. The van der Waals surface area contributed by atoms with Crippen LogP contribution in [0.3, 0.4) is 0 Å². The van der Waals surface area contributed by atoms with E-state index in [2.05, 4.69) is 24.3 Å². The number of carboxylic acid groups (broad SMARTS) is 1. The topological polar surface area (TPSA) is 37.3 Å². The minimum absolute atomic E-state index is 0.181. The number of carbonyl (C=O) groups is 1. The molecule has 0 saturated carbocycles. The van der Waals surface area contributed by atoms with Gasteiger partial charge in [0.2, 0.25) is 0 Å². The van der Waals surface area contributed by atoms with Gasteiger partial charge in [0.1, 0.15) is 0 Å². The van der Waals surface area contributed by atoms with Gasteiger partial charge in [0, 0.05) is 0 Å². The highest BCUT2D eigenvalue weighted by Crippen LogP contribution is 2.32. The van der Waals surface area contributed by atoms with Gasteiger partial charge in [-0.3, -0.25) is 4.79 Å². The summed E-state index contributed by atoms with van der Waals surface area (Å²) in [5, 5.41) is 8.18. The van der Waals surface area contributed by atoms with E-state index in [0.717, 1.165) is 6.42 Å². The zero-order chi connectivity index (χ0) is 9.84. The lowest BCUT2D eigenvalue weighted by Crippen LogP contribution is -2.06. The van der Waals surface area contributed by atoms with Gasteiger partial charge in [-0.15, -0.1) is 0 Å². The molecule has 13 heavy (non-hydrogen) atoms. The highest BCUT2D eigenvalue weighted by Gasteiger charge is 2.07. The van der Waals surface area contributed by atoms with Gasteiger partial charge in [-0.05, 0) is 23.6 Å². The van der Waals surface area contributed by atoms with Gasteiger partial charge in [-0.1, -0.05) is 32.0 Å². The molecule has 1 N–H and O–H groups in total. The summed E-state index contributed by atoms with van der Waals surface area (Å²) in [6, 6.07) is 8.48. The molecule has 2 nitrogen and oxygen atoms in total.